The van der Waals surface area contributed by atoms with Crippen molar-refractivity contribution in [1.29, 1.82) is 0 Å². The molecule has 0 unspecified atom stereocenters. The average Bonchev–Trinajstić information content (AvgIpc) is 3.30. The first-order chi connectivity index (χ1) is 16.6. The van der Waals surface area contributed by atoms with Gasteiger partial charge in [0.1, 0.15) is 5.82 Å². The molecular weight excluding hydrogens is 433 g/mol. The maximum absolute atomic E-state index is 14.3. The molecule has 34 heavy (non-hydrogen) atoms. The molecule has 0 radical (unpaired) electrons. The van der Waals surface area contributed by atoms with Crippen molar-refractivity contribution >= 4 is 5.97 Å². The normalized spacial score (nSPS) is 14.4. The topological polar surface area (TPSA) is 46.9 Å². The molecule has 1 aromatic heterocycles. The number of nitrogens with zero attached hydrogens (tertiary/aromatic N) is 3. The quantitative estimate of drug-likeness (QED) is 0.427. The SMILES string of the molecule is COC(=O)c1ccccc1CN(CCN1CCOCC1)Cc1cccn1Cc1ccccc1F. The number of hydrogen-bond donors (Lipinski definition) is 0. The Morgan fingerprint density at radius 2 is 1.74 bits per heavy atom. The van der Waals surface area contributed by atoms with Crippen LogP contribution < -0.4 is 0 Å². The monoisotopic (exact) mass is 465 g/mol. The molecule has 0 bridgehead atoms. The second-order valence-corrected chi connectivity index (χ2v) is 8.53. The van der Waals surface area contributed by atoms with Crippen LogP contribution in [0.25, 0.3) is 0 Å². The van der Waals surface area contributed by atoms with Gasteiger partial charge < -0.3 is 14.0 Å². The van der Waals surface area contributed by atoms with Crippen LogP contribution in [0.4, 0.5) is 4.39 Å². The zero-order valence-electron chi connectivity index (χ0n) is 19.7. The Morgan fingerprint density at radius 1 is 1.00 bits per heavy atom. The highest BCUT2D eigenvalue weighted by Gasteiger charge is 2.18. The van der Waals surface area contributed by atoms with Crippen LogP contribution in [-0.4, -0.2) is 66.8 Å². The van der Waals surface area contributed by atoms with Crippen LogP contribution in [0.5, 0.6) is 0 Å². The molecule has 6 nitrogen and oxygen atoms in total. The lowest BCUT2D eigenvalue weighted by atomic mass is 10.1. The summed E-state index contributed by atoms with van der Waals surface area (Å²) in [6, 6.07) is 18.6. The zero-order valence-corrected chi connectivity index (χ0v) is 19.7. The highest BCUT2D eigenvalue weighted by Crippen LogP contribution is 2.17. The summed E-state index contributed by atoms with van der Waals surface area (Å²) in [6.45, 7) is 6.89. The van der Waals surface area contributed by atoms with E-state index in [1.807, 2.05) is 48.7 Å². The molecule has 2 heterocycles. The molecule has 0 spiro atoms. The number of carbonyl (C=O) groups excluding carboxylic acids is 1. The Bertz CT molecular complexity index is 1080. The smallest absolute Gasteiger partial charge is 0.338 e. The maximum atomic E-state index is 14.3. The van der Waals surface area contributed by atoms with Crippen LogP contribution >= 0.6 is 0 Å². The molecule has 1 fully saturated rings. The van der Waals surface area contributed by atoms with Gasteiger partial charge in [-0.05, 0) is 29.8 Å². The van der Waals surface area contributed by atoms with Gasteiger partial charge in [-0.1, -0.05) is 36.4 Å². The van der Waals surface area contributed by atoms with Gasteiger partial charge in [0.2, 0.25) is 0 Å². The minimum atomic E-state index is -0.327. The van der Waals surface area contributed by atoms with E-state index in [1.165, 1.54) is 13.2 Å². The minimum absolute atomic E-state index is 0.196. The molecule has 4 rings (SSSR count). The van der Waals surface area contributed by atoms with E-state index in [0.29, 0.717) is 30.8 Å². The van der Waals surface area contributed by atoms with Crippen LogP contribution in [0.1, 0.15) is 27.2 Å². The number of esters is 1. The van der Waals surface area contributed by atoms with Gasteiger partial charge in [-0.15, -0.1) is 0 Å². The molecule has 1 aliphatic rings. The van der Waals surface area contributed by atoms with Crippen molar-refractivity contribution in [3.05, 3.63) is 95.1 Å². The van der Waals surface area contributed by atoms with Crippen molar-refractivity contribution in [1.82, 2.24) is 14.4 Å². The van der Waals surface area contributed by atoms with Crippen molar-refractivity contribution in [2.24, 2.45) is 0 Å². The van der Waals surface area contributed by atoms with Gasteiger partial charge in [-0.3, -0.25) is 9.80 Å². The fraction of sp³-hybridized carbons (Fsp3) is 0.370. The second kappa shape index (κ2) is 11.9. The van der Waals surface area contributed by atoms with E-state index < -0.39 is 0 Å². The lowest BCUT2D eigenvalue weighted by molar-refractivity contribution is 0.0323. The van der Waals surface area contributed by atoms with Gasteiger partial charge in [0, 0.05) is 56.7 Å². The molecule has 0 saturated carbocycles. The molecule has 180 valence electrons. The minimum Gasteiger partial charge on any atom is -0.465 e. The summed E-state index contributed by atoms with van der Waals surface area (Å²) in [6.07, 6.45) is 1.99. The van der Waals surface area contributed by atoms with Gasteiger partial charge in [-0.2, -0.15) is 0 Å². The third kappa shape index (κ3) is 6.32. The fourth-order valence-corrected chi connectivity index (χ4v) is 4.32. The molecule has 1 saturated heterocycles. The van der Waals surface area contributed by atoms with Crippen LogP contribution in [0.3, 0.4) is 0 Å². The fourth-order valence-electron chi connectivity index (χ4n) is 4.32. The number of hydrogen-bond acceptors (Lipinski definition) is 5. The highest BCUT2D eigenvalue weighted by atomic mass is 19.1. The number of halogens is 1. The van der Waals surface area contributed by atoms with Gasteiger partial charge in [-0.25, -0.2) is 9.18 Å². The number of ether oxygens (including phenoxy) is 2. The van der Waals surface area contributed by atoms with Gasteiger partial charge in [0.25, 0.3) is 0 Å². The Labute approximate surface area is 200 Å². The van der Waals surface area contributed by atoms with Gasteiger partial charge in [0.15, 0.2) is 0 Å². The third-order valence-electron chi connectivity index (χ3n) is 6.26. The molecule has 3 aromatic rings. The Morgan fingerprint density at radius 3 is 2.50 bits per heavy atom. The summed E-state index contributed by atoms with van der Waals surface area (Å²) in [5.41, 5.74) is 3.28. The summed E-state index contributed by atoms with van der Waals surface area (Å²) < 4.78 is 26.8. The highest BCUT2D eigenvalue weighted by molar-refractivity contribution is 5.90. The number of aromatic nitrogens is 1. The molecule has 0 aliphatic carbocycles. The third-order valence-corrected chi connectivity index (χ3v) is 6.26. The molecule has 2 aromatic carbocycles. The van der Waals surface area contributed by atoms with Crippen LogP contribution in [0.2, 0.25) is 0 Å². The summed E-state index contributed by atoms with van der Waals surface area (Å²) in [4.78, 5) is 17.1. The van der Waals surface area contributed by atoms with Crippen LogP contribution in [0.15, 0.2) is 66.9 Å². The predicted molar refractivity (Wildman–Crippen MR) is 129 cm³/mol. The first-order valence-corrected chi connectivity index (χ1v) is 11.7. The summed E-state index contributed by atoms with van der Waals surface area (Å²) in [7, 11) is 1.41. The largest absolute Gasteiger partial charge is 0.465 e. The Balaban J connectivity index is 1.53. The number of carbonyl (C=O) groups is 1. The van der Waals surface area contributed by atoms with Crippen LogP contribution in [-0.2, 0) is 29.1 Å². The standard InChI is InChI=1S/C27H32FN3O3/c1-33-27(32)25-10-4-2-7-22(25)19-30(14-13-29-15-17-34-18-16-29)21-24-9-6-12-31(24)20-23-8-3-5-11-26(23)28/h2-12H,13-21H2,1H3. The van der Waals surface area contributed by atoms with E-state index in [4.69, 9.17) is 9.47 Å². The van der Waals surface area contributed by atoms with Crippen molar-refractivity contribution < 1.29 is 18.7 Å². The number of rotatable bonds is 10. The van der Waals surface area contributed by atoms with E-state index in [2.05, 4.69) is 20.4 Å². The lowest BCUT2D eigenvalue weighted by Gasteiger charge is -2.30. The molecule has 0 amide bonds. The average molecular weight is 466 g/mol. The van der Waals surface area contributed by atoms with E-state index >= 15 is 0 Å². The zero-order chi connectivity index (χ0) is 23.8. The number of benzene rings is 2. The van der Waals surface area contributed by atoms with Crippen molar-refractivity contribution in [2.75, 3.05) is 46.5 Å². The molecule has 0 N–H and O–H groups in total. The number of morpholine rings is 1. The molecule has 1 aliphatic heterocycles. The maximum Gasteiger partial charge on any atom is 0.338 e. The summed E-state index contributed by atoms with van der Waals surface area (Å²) >= 11 is 0. The van der Waals surface area contributed by atoms with Crippen molar-refractivity contribution in [2.45, 2.75) is 19.6 Å². The second-order valence-electron chi connectivity index (χ2n) is 8.53. The number of methoxy groups -OCH3 is 1. The predicted octanol–water partition coefficient (Wildman–Crippen LogP) is 3.80. The first-order valence-electron chi connectivity index (χ1n) is 11.7. The lowest BCUT2D eigenvalue weighted by Crippen LogP contribution is -2.41. The van der Waals surface area contributed by atoms with E-state index in [0.717, 1.165) is 50.7 Å². The van der Waals surface area contributed by atoms with E-state index in [-0.39, 0.29) is 11.8 Å². The molecule has 0 atom stereocenters. The van der Waals surface area contributed by atoms with Gasteiger partial charge in [0.05, 0.1) is 32.4 Å². The van der Waals surface area contributed by atoms with E-state index in [9.17, 15) is 9.18 Å². The van der Waals surface area contributed by atoms with Crippen LogP contribution in [0, 0.1) is 5.82 Å². The Hall–Kier alpha value is -3.00. The van der Waals surface area contributed by atoms with E-state index in [1.54, 1.807) is 6.07 Å². The van der Waals surface area contributed by atoms with Crippen molar-refractivity contribution in [3.63, 3.8) is 0 Å². The Kier molecular flexibility index (Phi) is 8.46. The summed E-state index contributed by atoms with van der Waals surface area (Å²) in [5, 5.41) is 0. The first kappa shape index (κ1) is 24.1. The summed E-state index contributed by atoms with van der Waals surface area (Å²) in [5.74, 6) is -0.523. The van der Waals surface area contributed by atoms with Gasteiger partial charge >= 0.3 is 5.97 Å². The molecular formula is C27H32FN3O3. The molecule has 7 heteroatoms. The van der Waals surface area contributed by atoms with Crippen molar-refractivity contribution in [3.8, 4) is 0 Å².